The quantitative estimate of drug-likeness (QED) is 0.343. The van der Waals surface area contributed by atoms with Crippen LogP contribution >= 0.6 is 0 Å². The van der Waals surface area contributed by atoms with Gasteiger partial charge in [0.05, 0.1) is 12.8 Å². The number of benzene rings is 4. The van der Waals surface area contributed by atoms with E-state index in [9.17, 15) is 9.59 Å². The van der Waals surface area contributed by atoms with Crippen LogP contribution in [0.3, 0.4) is 0 Å². The Morgan fingerprint density at radius 2 is 1.59 bits per heavy atom. The van der Waals surface area contributed by atoms with Crippen LogP contribution in [0.5, 0.6) is 5.75 Å². The van der Waals surface area contributed by atoms with Crippen LogP contribution in [0.15, 0.2) is 97.1 Å². The fraction of sp³-hybridized carbons (Fsp3) is 0.103. The first-order chi connectivity index (χ1) is 16.6. The van der Waals surface area contributed by atoms with Crippen molar-refractivity contribution in [2.45, 2.75) is 6.92 Å². The standard InChI is InChI=1S/C29H26N2O3/c1-3-31(27-10-6-8-22-7-4-5-9-26(22)27)29(33)23-14-16-24(17-15-23)30-28(32)20-13-21-11-18-25(34-2)19-12-21/h4-20H,3H2,1-2H3,(H,30,32). The van der Waals surface area contributed by atoms with Gasteiger partial charge < -0.3 is 15.0 Å². The van der Waals surface area contributed by atoms with E-state index in [1.165, 1.54) is 6.08 Å². The van der Waals surface area contributed by atoms with Gasteiger partial charge in [-0.05, 0) is 66.4 Å². The number of nitrogens with one attached hydrogen (secondary N) is 1. The van der Waals surface area contributed by atoms with E-state index in [2.05, 4.69) is 5.32 Å². The number of carbonyl (C=O) groups is 2. The molecule has 0 atom stereocenters. The van der Waals surface area contributed by atoms with Gasteiger partial charge in [-0.1, -0.05) is 48.5 Å². The summed E-state index contributed by atoms with van der Waals surface area (Å²) >= 11 is 0. The van der Waals surface area contributed by atoms with E-state index in [0.29, 0.717) is 17.8 Å². The van der Waals surface area contributed by atoms with Crippen LogP contribution < -0.4 is 15.0 Å². The Morgan fingerprint density at radius 3 is 2.29 bits per heavy atom. The first-order valence-corrected chi connectivity index (χ1v) is 11.1. The van der Waals surface area contributed by atoms with Crippen molar-refractivity contribution in [2.24, 2.45) is 0 Å². The lowest BCUT2D eigenvalue weighted by Gasteiger charge is -2.23. The van der Waals surface area contributed by atoms with Gasteiger partial charge in [-0.25, -0.2) is 0 Å². The molecule has 0 saturated carbocycles. The molecule has 0 aliphatic carbocycles. The number of rotatable bonds is 7. The number of hydrogen-bond donors (Lipinski definition) is 1. The summed E-state index contributed by atoms with van der Waals surface area (Å²) in [5.41, 5.74) is 2.95. The highest BCUT2D eigenvalue weighted by Gasteiger charge is 2.18. The predicted octanol–water partition coefficient (Wildman–Crippen LogP) is 6.17. The van der Waals surface area contributed by atoms with Crippen LogP contribution in [-0.4, -0.2) is 25.5 Å². The van der Waals surface area contributed by atoms with Gasteiger partial charge in [0.25, 0.3) is 5.91 Å². The fourth-order valence-corrected chi connectivity index (χ4v) is 3.79. The summed E-state index contributed by atoms with van der Waals surface area (Å²) in [6, 6.07) is 28.4. The second-order valence-electron chi connectivity index (χ2n) is 7.72. The molecule has 4 rings (SSSR count). The number of fused-ring (bicyclic) bond motifs is 1. The molecule has 4 aromatic rings. The van der Waals surface area contributed by atoms with Gasteiger partial charge in [-0.3, -0.25) is 9.59 Å². The number of nitrogens with zero attached hydrogens (tertiary/aromatic N) is 1. The molecule has 0 radical (unpaired) electrons. The minimum absolute atomic E-state index is 0.0869. The van der Waals surface area contributed by atoms with Crippen molar-refractivity contribution in [2.75, 3.05) is 23.9 Å². The number of hydrogen-bond acceptors (Lipinski definition) is 3. The zero-order chi connectivity index (χ0) is 23.9. The third-order valence-electron chi connectivity index (χ3n) is 5.56. The Labute approximate surface area is 199 Å². The highest BCUT2D eigenvalue weighted by molar-refractivity contribution is 6.11. The third kappa shape index (κ3) is 5.15. The molecule has 0 bridgehead atoms. The zero-order valence-electron chi connectivity index (χ0n) is 19.2. The molecule has 0 unspecified atom stereocenters. The van der Waals surface area contributed by atoms with Crippen molar-refractivity contribution in [3.63, 3.8) is 0 Å². The molecule has 4 aromatic carbocycles. The Balaban J connectivity index is 1.45. The molecular weight excluding hydrogens is 424 g/mol. The van der Waals surface area contributed by atoms with Crippen molar-refractivity contribution in [1.29, 1.82) is 0 Å². The molecule has 34 heavy (non-hydrogen) atoms. The van der Waals surface area contributed by atoms with Crippen LogP contribution in [0.4, 0.5) is 11.4 Å². The smallest absolute Gasteiger partial charge is 0.258 e. The monoisotopic (exact) mass is 450 g/mol. The van der Waals surface area contributed by atoms with E-state index in [1.54, 1.807) is 42.4 Å². The maximum atomic E-state index is 13.3. The number of carbonyl (C=O) groups excluding carboxylic acids is 2. The summed E-state index contributed by atoms with van der Waals surface area (Å²) in [7, 11) is 1.61. The number of methoxy groups -OCH3 is 1. The number of ether oxygens (including phenoxy) is 1. The minimum atomic E-state index is -0.249. The summed E-state index contributed by atoms with van der Waals surface area (Å²) in [6.45, 7) is 2.50. The lowest BCUT2D eigenvalue weighted by Crippen LogP contribution is -2.30. The van der Waals surface area contributed by atoms with Crippen molar-refractivity contribution in [3.8, 4) is 5.75 Å². The molecule has 0 aromatic heterocycles. The Bertz CT molecular complexity index is 1320. The topological polar surface area (TPSA) is 58.6 Å². The second-order valence-corrected chi connectivity index (χ2v) is 7.72. The maximum Gasteiger partial charge on any atom is 0.258 e. The Morgan fingerprint density at radius 1 is 0.882 bits per heavy atom. The molecule has 5 heteroatoms. The van der Waals surface area contributed by atoms with Gasteiger partial charge >= 0.3 is 0 Å². The minimum Gasteiger partial charge on any atom is -0.497 e. The SMILES string of the molecule is CCN(C(=O)c1ccc(NC(=O)C=Cc2ccc(OC)cc2)cc1)c1cccc2ccccc12. The number of amides is 2. The van der Waals surface area contributed by atoms with Gasteiger partial charge in [0, 0.05) is 29.3 Å². The van der Waals surface area contributed by atoms with E-state index in [1.807, 2.05) is 73.7 Å². The van der Waals surface area contributed by atoms with Crippen molar-refractivity contribution >= 4 is 40.0 Å². The van der Waals surface area contributed by atoms with Gasteiger partial charge in [-0.15, -0.1) is 0 Å². The molecule has 0 spiro atoms. The van der Waals surface area contributed by atoms with E-state index < -0.39 is 0 Å². The van der Waals surface area contributed by atoms with Crippen molar-refractivity contribution in [1.82, 2.24) is 0 Å². The highest BCUT2D eigenvalue weighted by Crippen LogP contribution is 2.28. The Hall–Kier alpha value is -4.38. The summed E-state index contributed by atoms with van der Waals surface area (Å²) in [4.78, 5) is 27.3. The molecule has 0 saturated heterocycles. The van der Waals surface area contributed by atoms with E-state index >= 15 is 0 Å². The first-order valence-electron chi connectivity index (χ1n) is 11.1. The molecule has 0 aliphatic heterocycles. The molecule has 5 nitrogen and oxygen atoms in total. The summed E-state index contributed by atoms with van der Waals surface area (Å²) in [5.74, 6) is 0.426. The summed E-state index contributed by atoms with van der Waals surface area (Å²) in [6.07, 6.45) is 3.20. The average Bonchev–Trinajstić information content (AvgIpc) is 2.88. The molecule has 1 N–H and O–H groups in total. The predicted molar refractivity (Wildman–Crippen MR) is 138 cm³/mol. The number of anilines is 2. The molecule has 0 aliphatic rings. The average molecular weight is 451 g/mol. The summed E-state index contributed by atoms with van der Waals surface area (Å²) < 4.78 is 5.14. The van der Waals surface area contributed by atoms with Crippen LogP contribution in [0, 0.1) is 0 Å². The largest absolute Gasteiger partial charge is 0.497 e. The van der Waals surface area contributed by atoms with Crippen molar-refractivity contribution < 1.29 is 14.3 Å². The summed E-state index contributed by atoms with van der Waals surface area (Å²) in [5, 5.41) is 4.95. The van der Waals surface area contributed by atoms with Gasteiger partial charge in [0.15, 0.2) is 0 Å². The van der Waals surface area contributed by atoms with E-state index in [4.69, 9.17) is 4.74 Å². The van der Waals surface area contributed by atoms with Crippen LogP contribution in [0.25, 0.3) is 16.8 Å². The fourth-order valence-electron chi connectivity index (χ4n) is 3.79. The maximum absolute atomic E-state index is 13.3. The van der Waals surface area contributed by atoms with Crippen LogP contribution in [0.2, 0.25) is 0 Å². The first kappa shape index (κ1) is 22.8. The third-order valence-corrected chi connectivity index (χ3v) is 5.56. The van der Waals surface area contributed by atoms with E-state index in [-0.39, 0.29) is 11.8 Å². The lowest BCUT2D eigenvalue weighted by atomic mass is 10.1. The zero-order valence-corrected chi connectivity index (χ0v) is 19.2. The van der Waals surface area contributed by atoms with Crippen LogP contribution in [-0.2, 0) is 4.79 Å². The van der Waals surface area contributed by atoms with Crippen molar-refractivity contribution in [3.05, 3.63) is 108 Å². The lowest BCUT2D eigenvalue weighted by molar-refractivity contribution is -0.111. The Kier molecular flexibility index (Phi) is 7.04. The normalized spacial score (nSPS) is 10.9. The highest BCUT2D eigenvalue weighted by atomic mass is 16.5. The second kappa shape index (κ2) is 10.5. The molecule has 170 valence electrons. The molecule has 2 amide bonds. The van der Waals surface area contributed by atoms with E-state index in [0.717, 1.165) is 27.8 Å². The molecule has 0 fully saturated rings. The molecular formula is C29H26N2O3. The van der Waals surface area contributed by atoms with Gasteiger partial charge in [0.2, 0.25) is 5.91 Å². The van der Waals surface area contributed by atoms with Crippen LogP contribution in [0.1, 0.15) is 22.8 Å². The van der Waals surface area contributed by atoms with Gasteiger partial charge in [0.1, 0.15) is 5.75 Å². The molecule has 0 heterocycles. The van der Waals surface area contributed by atoms with Gasteiger partial charge in [-0.2, -0.15) is 0 Å².